The summed E-state index contributed by atoms with van der Waals surface area (Å²) in [7, 11) is 1.70. The summed E-state index contributed by atoms with van der Waals surface area (Å²) >= 11 is 0. The average Bonchev–Trinajstić information content (AvgIpc) is 2.77. The Balaban J connectivity index is 0.000000810. The highest BCUT2D eigenvalue weighted by atomic mass is 35.5. The Morgan fingerprint density at radius 3 is 2.22 bits per heavy atom. The Morgan fingerprint density at radius 1 is 1.17 bits per heavy atom. The van der Waals surface area contributed by atoms with Gasteiger partial charge in [0.2, 0.25) is 0 Å². The molecule has 0 aromatic heterocycles. The number of fused-ring (bicyclic) bond motifs is 1. The number of hydrogen-bond donors (Lipinski definition) is 1. The lowest BCUT2D eigenvalue weighted by molar-refractivity contribution is 0.290. The van der Waals surface area contributed by atoms with E-state index in [0.717, 1.165) is 24.1 Å². The van der Waals surface area contributed by atoms with E-state index in [0.29, 0.717) is 6.04 Å². The van der Waals surface area contributed by atoms with Gasteiger partial charge < -0.3 is 10.5 Å². The van der Waals surface area contributed by atoms with Crippen LogP contribution in [0, 0.1) is 11.8 Å². The summed E-state index contributed by atoms with van der Waals surface area (Å²) < 4.78 is 5.15. The first-order valence-corrected chi connectivity index (χ1v) is 5.89. The third-order valence-corrected chi connectivity index (χ3v) is 3.90. The van der Waals surface area contributed by atoms with Crippen molar-refractivity contribution >= 4 is 24.8 Å². The molecule has 1 heterocycles. The van der Waals surface area contributed by atoms with Crippen LogP contribution in [0.2, 0.25) is 0 Å². The Morgan fingerprint density at radius 2 is 1.72 bits per heavy atom. The van der Waals surface area contributed by atoms with Crippen LogP contribution in [0.3, 0.4) is 0 Å². The Labute approximate surface area is 120 Å². The lowest BCUT2D eigenvalue weighted by atomic mass is 10.2. The van der Waals surface area contributed by atoms with Crippen molar-refractivity contribution < 1.29 is 4.74 Å². The van der Waals surface area contributed by atoms with Crippen LogP contribution in [0.1, 0.15) is 5.56 Å². The third kappa shape index (κ3) is 2.91. The number of benzene rings is 1. The second kappa shape index (κ2) is 6.11. The maximum absolute atomic E-state index is 5.92. The number of nitrogens with two attached hydrogens (primary N) is 1. The standard InChI is InChI=1S/C13H18N2O.2ClH/c1-16-10-4-2-9(3-5-10)6-15-7-11-12(8-15)13(11)14;;/h2-5,11-13H,6-8,14H2,1H3;2*1H/t11-,12+,13?;;. The smallest absolute Gasteiger partial charge is 0.118 e. The topological polar surface area (TPSA) is 38.5 Å². The Kier molecular flexibility index (Phi) is 5.29. The first kappa shape index (κ1) is 15.6. The second-order valence-corrected chi connectivity index (χ2v) is 4.95. The third-order valence-electron chi connectivity index (χ3n) is 3.90. The average molecular weight is 291 g/mol. The van der Waals surface area contributed by atoms with Gasteiger partial charge in [0.1, 0.15) is 5.75 Å². The molecule has 1 unspecified atom stereocenters. The summed E-state index contributed by atoms with van der Waals surface area (Å²) in [5, 5.41) is 0. The van der Waals surface area contributed by atoms with Crippen molar-refractivity contribution in [1.82, 2.24) is 4.90 Å². The molecule has 5 heteroatoms. The molecule has 2 aliphatic rings. The molecule has 3 nitrogen and oxygen atoms in total. The fourth-order valence-corrected chi connectivity index (χ4v) is 2.78. The number of methoxy groups -OCH3 is 1. The molecule has 1 aromatic rings. The molecule has 3 rings (SSSR count). The number of rotatable bonds is 3. The van der Waals surface area contributed by atoms with Crippen LogP contribution in [0.15, 0.2) is 24.3 Å². The molecule has 102 valence electrons. The van der Waals surface area contributed by atoms with Gasteiger partial charge in [0, 0.05) is 25.7 Å². The molecule has 0 spiro atoms. The lowest BCUT2D eigenvalue weighted by Crippen LogP contribution is -2.27. The van der Waals surface area contributed by atoms with Crippen LogP contribution < -0.4 is 10.5 Å². The van der Waals surface area contributed by atoms with Crippen molar-refractivity contribution in [3.05, 3.63) is 29.8 Å². The van der Waals surface area contributed by atoms with Gasteiger partial charge in [-0.3, -0.25) is 4.90 Å². The normalized spacial score (nSPS) is 28.9. The monoisotopic (exact) mass is 290 g/mol. The number of hydrogen-bond acceptors (Lipinski definition) is 3. The van der Waals surface area contributed by atoms with Crippen LogP contribution in [0.5, 0.6) is 5.75 Å². The zero-order valence-electron chi connectivity index (χ0n) is 10.4. The number of nitrogens with zero attached hydrogens (tertiary/aromatic N) is 1. The fraction of sp³-hybridized carbons (Fsp3) is 0.538. The molecule has 0 amide bonds. The van der Waals surface area contributed by atoms with E-state index in [-0.39, 0.29) is 24.8 Å². The summed E-state index contributed by atoms with van der Waals surface area (Å²) in [6, 6.07) is 8.83. The highest BCUT2D eigenvalue weighted by molar-refractivity contribution is 5.85. The quantitative estimate of drug-likeness (QED) is 0.925. The Bertz CT molecular complexity index is 373. The van der Waals surface area contributed by atoms with Gasteiger partial charge in [0.25, 0.3) is 0 Å². The molecule has 1 aliphatic heterocycles. The van der Waals surface area contributed by atoms with Gasteiger partial charge in [-0.2, -0.15) is 0 Å². The first-order chi connectivity index (χ1) is 7.78. The van der Waals surface area contributed by atoms with Crippen LogP contribution in [0.25, 0.3) is 0 Å². The number of piperidine rings is 1. The molecule has 3 atom stereocenters. The first-order valence-electron chi connectivity index (χ1n) is 5.89. The SMILES string of the molecule is COc1ccc(CN2C[C@@H]3C(N)[C@@H]3C2)cc1.Cl.Cl. The van der Waals surface area contributed by atoms with Gasteiger partial charge in [0.05, 0.1) is 7.11 Å². The Hall–Kier alpha value is -0.480. The maximum Gasteiger partial charge on any atom is 0.118 e. The fourth-order valence-electron chi connectivity index (χ4n) is 2.78. The summed E-state index contributed by atoms with van der Waals surface area (Å²) in [4.78, 5) is 2.50. The summed E-state index contributed by atoms with van der Waals surface area (Å²) in [5.74, 6) is 2.48. The van der Waals surface area contributed by atoms with E-state index in [2.05, 4.69) is 17.0 Å². The molecule has 2 N–H and O–H groups in total. The van der Waals surface area contributed by atoms with Crippen molar-refractivity contribution in [2.75, 3.05) is 20.2 Å². The van der Waals surface area contributed by atoms with Crippen molar-refractivity contribution in [3.63, 3.8) is 0 Å². The van der Waals surface area contributed by atoms with Crippen molar-refractivity contribution in [3.8, 4) is 5.75 Å². The highest BCUT2D eigenvalue weighted by Gasteiger charge is 2.53. The largest absolute Gasteiger partial charge is 0.497 e. The van der Waals surface area contributed by atoms with E-state index in [9.17, 15) is 0 Å². The van der Waals surface area contributed by atoms with Gasteiger partial charge in [0.15, 0.2) is 0 Å². The van der Waals surface area contributed by atoms with Crippen molar-refractivity contribution in [1.29, 1.82) is 0 Å². The molecule has 18 heavy (non-hydrogen) atoms. The summed E-state index contributed by atoms with van der Waals surface area (Å²) in [5.41, 5.74) is 7.28. The lowest BCUT2D eigenvalue weighted by Gasteiger charge is -2.18. The molecular formula is C13H20Cl2N2O. The zero-order valence-corrected chi connectivity index (χ0v) is 12.0. The summed E-state index contributed by atoms with van der Waals surface area (Å²) in [6.07, 6.45) is 0. The molecule has 1 saturated carbocycles. The van der Waals surface area contributed by atoms with Gasteiger partial charge in [-0.25, -0.2) is 0 Å². The molecule has 2 fully saturated rings. The minimum absolute atomic E-state index is 0. The maximum atomic E-state index is 5.92. The van der Waals surface area contributed by atoms with Crippen molar-refractivity contribution in [2.45, 2.75) is 12.6 Å². The van der Waals surface area contributed by atoms with E-state index >= 15 is 0 Å². The molecule has 1 aromatic carbocycles. The predicted octanol–water partition coefficient (Wildman–Crippen LogP) is 1.93. The second-order valence-electron chi connectivity index (χ2n) is 4.95. The molecule has 1 saturated heterocycles. The zero-order chi connectivity index (χ0) is 11.1. The van der Waals surface area contributed by atoms with Gasteiger partial charge in [-0.05, 0) is 29.5 Å². The molecule has 1 aliphatic carbocycles. The molecular weight excluding hydrogens is 271 g/mol. The molecule has 0 radical (unpaired) electrons. The van der Waals surface area contributed by atoms with Crippen LogP contribution in [0.4, 0.5) is 0 Å². The van der Waals surface area contributed by atoms with Crippen LogP contribution >= 0.6 is 24.8 Å². The van der Waals surface area contributed by atoms with E-state index in [4.69, 9.17) is 10.5 Å². The van der Waals surface area contributed by atoms with Gasteiger partial charge >= 0.3 is 0 Å². The van der Waals surface area contributed by atoms with Crippen LogP contribution in [-0.2, 0) is 6.54 Å². The summed E-state index contributed by atoms with van der Waals surface area (Å²) in [6.45, 7) is 3.40. The van der Waals surface area contributed by atoms with E-state index in [1.165, 1.54) is 18.7 Å². The van der Waals surface area contributed by atoms with Gasteiger partial charge in [-0.1, -0.05) is 12.1 Å². The van der Waals surface area contributed by atoms with Gasteiger partial charge in [-0.15, -0.1) is 24.8 Å². The van der Waals surface area contributed by atoms with E-state index < -0.39 is 0 Å². The number of likely N-dealkylation sites (tertiary alicyclic amines) is 1. The molecule has 0 bridgehead atoms. The van der Waals surface area contributed by atoms with Crippen molar-refractivity contribution in [2.24, 2.45) is 17.6 Å². The number of halogens is 2. The predicted molar refractivity (Wildman–Crippen MR) is 77.7 cm³/mol. The minimum atomic E-state index is 0. The highest BCUT2D eigenvalue weighted by Crippen LogP contribution is 2.44. The number of ether oxygens (including phenoxy) is 1. The van der Waals surface area contributed by atoms with Crippen LogP contribution in [-0.4, -0.2) is 31.1 Å². The minimum Gasteiger partial charge on any atom is -0.497 e. The van der Waals surface area contributed by atoms with E-state index in [1.54, 1.807) is 7.11 Å². The van der Waals surface area contributed by atoms with E-state index in [1.807, 2.05) is 12.1 Å².